The van der Waals surface area contributed by atoms with Gasteiger partial charge in [0.2, 0.25) is 0 Å². The van der Waals surface area contributed by atoms with E-state index in [1.165, 1.54) is 29.7 Å². The van der Waals surface area contributed by atoms with Crippen molar-refractivity contribution in [2.45, 2.75) is 44.6 Å². The summed E-state index contributed by atoms with van der Waals surface area (Å²) in [5, 5.41) is 12.9. The van der Waals surface area contributed by atoms with Gasteiger partial charge in [-0.25, -0.2) is 0 Å². The Morgan fingerprint density at radius 1 is 1.45 bits per heavy atom. The minimum absolute atomic E-state index is 0.0514. The number of aliphatic hydroxyl groups is 1. The molecule has 0 spiro atoms. The predicted octanol–water partition coefficient (Wildman–Crippen LogP) is 2.86. The first-order valence-corrected chi connectivity index (χ1v) is 9.34. The Morgan fingerprint density at radius 3 is 2.95 bits per heavy atom. The van der Waals surface area contributed by atoms with Crippen LogP contribution >= 0.6 is 23.1 Å². The summed E-state index contributed by atoms with van der Waals surface area (Å²) in [5.74, 6) is 0.568. The number of aryl methyl sites for hydroxylation is 2. The van der Waals surface area contributed by atoms with Gasteiger partial charge in [0.25, 0.3) is 5.91 Å². The lowest BCUT2D eigenvalue weighted by molar-refractivity contribution is 0.0727. The molecule has 0 bridgehead atoms. The Morgan fingerprint density at radius 2 is 2.20 bits per heavy atom. The first-order valence-electron chi connectivity index (χ1n) is 7.13. The standard InChI is InChI=1S/C15H23NO2S2/c1-15(18,10-19-2)9-16-14(17)13-8-11-6-4-3-5-7-12(11)20-13/h8,18H,3-7,9-10H2,1-2H3,(H,16,17). The number of nitrogens with one attached hydrogen (secondary N) is 1. The first-order chi connectivity index (χ1) is 9.52. The van der Waals surface area contributed by atoms with Crippen molar-refractivity contribution in [2.75, 3.05) is 18.6 Å². The molecule has 0 saturated carbocycles. The molecule has 0 radical (unpaired) electrons. The van der Waals surface area contributed by atoms with Gasteiger partial charge in [-0.1, -0.05) is 6.42 Å². The topological polar surface area (TPSA) is 49.3 Å². The first kappa shape index (κ1) is 15.9. The van der Waals surface area contributed by atoms with E-state index in [-0.39, 0.29) is 5.91 Å². The van der Waals surface area contributed by atoms with Crippen LogP contribution in [0.4, 0.5) is 0 Å². The van der Waals surface area contributed by atoms with Crippen molar-refractivity contribution in [3.63, 3.8) is 0 Å². The Hall–Kier alpha value is -0.520. The Kier molecular flexibility index (Phi) is 5.52. The third kappa shape index (κ3) is 4.24. The summed E-state index contributed by atoms with van der Waals surface area (Å²) in [4.78, 5) is 14.3. The highest BCUT2D eigenvalue weighted by molar-refractivity contribution is 7.98. The third-order valence-corrected chi connectivity index (χ3v) is 5.70. The van der Waals surface area contributed by atoms with Crippen LogP contribution in [0.2, 0.25) is 0 Å². The van der Waals surface area contributed by atoms with Crippen molar-refractivity contribution in [3.8, 4) is 0 Å². The van der Waals surface area contributed by atoms with E-state index >= 15 is 0 Å². The summed E-state index contributed by atoms with van der Waals surface area (Å²) < 4.78 is 0. The van der Waals surface area contributed by atoms with Crippen LogP contribution in [-0.4, -0.2) is 35.2 Å². The van der Waals surface area contributed by atoms with E-state index in [1.807, 2.05) is 12.3 Å². The van der Waals surface area contributed by atoms with E-state index in [9.17, 15) is 9.90 Å². The van der Waals surface area contributed by atoms with Crippen molar-refractivity contribution in [2.24, 2.45) is 0 Å². The summed E-state index contributed by atoms with van der Waals surface area (Å²) in [6.07, 6.45) is 7.91. The van der Waals surface area contributed by atoms with Gasteiger partial charge in [0.15, 0.2) is 0 Å². The van der Waals surface area contributed by atoms with E-state index in [0.29, 0.717) is 12.3 Å². The van der Waals surface area contributed by atoms with Crippen molar-refractivity contribution < 1.29 is 9.90 Å². The molecule has 2 N–H and O–H groups in total. The van der Waals surface area contributed by atoms with Crippen LogP contribution in [0, 0.1) is 0 Å². The van der Waals surface area contributed by atoms with Crippen molar-refractivity contribution in [1.82, 2.24) is 5.32 Å². The maximum Gasteiger partial charge on any atom is 0.261 e. The van der Waals surface area contributed by atoms with Crippen molar-refractivity contribution in [3.05, 3.63) is 21.4 Å². The highest BCUT2D eigenvalue weighted by atomic mass is 32.2. The molecule has 112 valence electrons. The molecular formula is C15H23NO2S2. The minimum Gasteiger partial charge on any atom is -0.387 e. The molecule has 0 aromatic carbocycles. The quantitative estimate of drug-likeness (QED) is 0.822. The third-order valence-electron chi connectivity index (χ3n) is 3.56. The second-order valence-corrected chi connectivity index (χ2v) is 7.74. The monoisotopic (exact) mass is 313 g/mol. The number of carbonyl (C=O) groups excluding carboxylic acids is 1. The fourth-order valence-electron chi connectivity index (χ4n) is 2.50. The normalized spacial score (nSPS) is 17.9. The summed E-state index contributed by atoms with van der Waals surface area (Å²) in [5.41, 5.74) is 0.511. The van der Waals surface area contributed by atoms with Gasteiger partial charge in [0.1, 0.15) is 0 Å². The van der Waals surface area contributed by atoms with Crippen LogP contribution < -0.4 is 5.32 Å². The average molecular weight is 313 g/mol. The summed E-state index contributed by atoms with van der Waals surface area (Å²) in [6.45, 7) is 2.06. The lowest BCUT2D eigenvalue weighted by Crippen LogP contribution is -2.42. The van der Waals surface area contributed by atoms with Gasteiger partial charge in [0, 0.05) is 17.2 Å². The zero-order chi connectivity index (χ0) is 14.6. The zero-order valence-corrected chi connectivity index (χ0v) is 13.8. The number of hydrogen-bond acceptors (Lipinski definition) is 4. The smallest absolute Gasteiger partial charge is 0.261 e. The summed E-state index contributed by atoms with van der Waals surface area (Å²) >= 11 is 3.20. The average Bonchev–Trinajstić information content (AvgIpc) is 2.68. The molecule has 1 atom stereocenters. The van der Waals surface area contributed by atoms with Gasteiger partial charge in [-0.05, 0) is 50.5 Å². The van der Waals surface area contributed by atoms with Gasteiger partial charge in [0.05, 0.1) is 10.5 Å². The Labute approximate surface area is 129 Å². The molecule has 1 aromatic rings. The molecule has 0 aliphatic heterocycles. The maximum atomic E-state index is 12.2. The van der Waals surface area contributed by atoms with E-state index in [0.717, 1.165) is 17.7 Å². The zero-order valence-electron chi connectivity index (χ0n) is 12.2. The van der Waals surface area contributed by atoms with Gasteiger partial charge in [-0.15, -0.1) is 11.3 Å². The number of thioether (sulfide) groups is 1. The molecule has 20 heavy (non-hydrogen) atoms. The van der Waals surface area contributed by atoms with Crippen LogP contribution in [0.3, 0.4) is 0 Å². The molecule has 3 nitrogen and oxygen atoms in total. The van der Waals surface area contributed by atoms with Crippen LogP contribution in [0.5, 0.6) is 0 Å². The lowest BCUT2D eigenvalue weighted by atomic mass is 10.1. The van der Waals surface area contributed by atoms with E-state index in [1.54, 1.807) is 30.0 Å². The van der Waals surface area contributed by atoms with Crippen molar-refractivity contribution in [1.29, 1.82) is 0 Å². The van der Waals surface area contributed by atoms with Crippen LogP contribution in [0.1, 0.15) is 46.3 Å². The Bertz CT molecular complexity index is 445. The molecule has 1 aliphatic rings. The summed E-state index contributed by atoms with van der Waals surface area (Å²) in [6, 6.07) is 2.05. The second-order valence-electron chi connectivity index (χ2n) is 5.73. The number of thiophene rings is 1. The second kappa shape index (κ2) is 6.96. The number of carbonyl (C=O) groups is 1. The minimum atomic E-state index is -0.844. The summed E-state index contributed by atoms with van der Waals surface area (Å²) in [7, 11) is 0. The number of hydrogen-bond donors (Lipinski definition) is 2. The van der Waals surface area contributed by atoms with Gasteiger partial charge in [-0.2, -0.15) is 11.8 Å². The molecule has 1 amide bonds. The van der Waals surface area contributed by atoms with Crippen LogP contribution in [-0.2, 0) is 12.8 Å². The molecule has 1 aromatic heterocycles. The van der Waals surface area contributed by atoms with E-state index < -0.39 is 5.60 Å². The fourth-order valence-corrected chi connectivity index (χ4v) is 4.39. The number of amides is 1. The fraction of sp³-hybridized carbons (Fsp3) is 0.667. The predicted molar refractivity (Wildman–Crippen MR) is 86.9 cm³/mol. The van der Waals surface area contributed by atoms with Gasteiger partial charge >= 0.3 is 0 Å². The van der Waals surface area contributed by atoms with Crippen LogP contribution in [0.15, 0.2) is 6.07 Å². The maximum absolute atomic E-state index is 12.2. The molecule has 1 heterocycles. The van der Waals surface area contributed by atoms with Crippen molar-refractivity contribution >= 4 is 29.0 Å². The molecule has 0 saturated heterocycles. The largest absolute Gasteiger partial charge is 0.387 e. The van der Waals surface area contributed by atoms with Crippen LogP contribution in [0.25, 0.3) is 0 Å². The molecule has 1 unspecified atom stereocenters. The number of rotatable bonds is 5. The number of fused-ring (bicyclic) bond motifs is 1. The highest BCUT2D eigenvalue weighted by Gasteiger charge is 2.22. The van der Waals surface area contributed by atoms with E-state index in [2.05, 4.69) is 5.32 Å². The lowest BCUT2D eigenvalue weighted by Gasteiger charge is -2.22. The van der Waals surface area contributed by atoms with E-state index in [4.69, 9.17) is 0 Å². The molecule has 5 heteroatoms. The highest BCUT2D eigenvalue weighted by Crippen LogP contribution is 2.28. The molecular weight excluding hydrogens is 290 g/mol. The SMILES string of the molecule is CSCC(C)(O)CNC(=O)c1cc2c(s1)CCCCC2. The van der Waals surface area contributed by atoms with Gasteiger partial charge < -0.3 is 10.4 Å². The Balaban J connectivity index is 1.96. The molecule has 2 rings (SSSR count). The molecule has 1 aliphatic carbocycles. The van der Waals surface area contributed by atoms with Gasteiger partial charge in [-0.3, -0.25) is 4.79 Å². The molecule has 0 fully saturated rings.